The van der Waals surface area contributed by atoms with Crippen LogP contribution in [-0.2, 0) is 22.3 Å². The molecule has 2 fully saturated rings. The number of anilines is 1. The maximum absolute atomic E-state index is 13.9. The fourth-order valence-electron chi connectivity index (χ4n) is 6.19. The van der Waals surface area contributed by atoms with Gasteiger partial charge in [-0.25, -0.2) is 15.0 Å². The van der Waals surface area contributed by atoms with Gasteiger partial charge in [-0.2, -0.15) is 18.3 Å². The lowest BCUT2D eigenvalue weighted by Crippen LogP contribution is -2.47. The summed E-state index contributed by atoms with van der Waals surface area (Å²) in [4.78, 5) is 53.6. The summed E-state index contributed by atoms with van der Waals surface area (Å²) in [5, 5.41) is 7.63. The van der Waals surface area contributed by atoms with E-state index >= 15 is 0 Å². The minimum Gasteiger partial charge on any atom is -0.325 e. The number of halogens is 3. The van der Waals surface area contributed by atoms with Crippen LogP contribution in [0.3, 0.4) is 0 Å². The molecular formula is C31H30F3N7O3. The fourth-order valence-corrected chi connectivity index (χ4v) is 6.19. The van der Waals surface area contributed by atoms with Crippen LogP contribution in [0.1, 0.15) is 59.8 Å². The summed E-state index contributed by atoms with van der Waals surface area (Å²) in [6.45, 7) is 8.36. The second-order valence-electron chi connectivity index (χ2n) is 12.0. The van der Waals surface area contributed by atoms with Gasteiger partial charge in [0.05, 0.1) is 5.52 Å². The second-order valence-corrected chi connectivity index (χ2v) is 12.0. The topological polar surface area (TPSA) is 123 Å². The lowest BCUT2D eigenvalue weighted by Gasteiger charge is -2.27. The highest BCUT2D eigenvalue weighted by molar-refractivity contribution is 6.07. The number of aromatic nitrogens is 5. The number of nitrogens with one attached hydrogen (secondary N) is 1. The number of carbonyl (C=O) groups excluding carboxylic acids is 3. The van der Waals surface area contributed by atoms with Crippen molar-refractivity contribution in [2.75, 3.05) is 5.32 Å². The van der Waals surface area contributed by atoms with Crippen molar-refractivity contribution in [1.82, 2.24) is 29.6 Å². The van der Waals surface area contributed by atoms with E-state index in [-0.39, 0.29) is 41.2 Å². The average Bonchev–Trinajstić information content (AvgIpc) is 3.30. The zero-order chi connectivity index (χ0) is 31.7. The maximum Gasteiger partial charge on any atom is 0.433 e. The molecule has 10 nitrogen and oxygen atoms in total. The molecular weight excluding hydrogens is 575 g/mol. The number of carbonyl (C=O) groups is 3. The van der Waals surface area contributed by atoms with Crippen molar-refractivity contribution in [3.8, 4) is 11.1 Å². The Labute approximate surface area is 250 Å². The Hall–Kier alpha value is -4.68. The number of rotatable bonds is 6. The number of ketones is 1. The zero-order valence-corrected chi connectivity index (χ0v) is 24.8. The third-order valence-corrected chi connectivity index (χ3v) is 8.62. The Morgan fingerprint density at radius 2 is 1.73 bits per heavy atom. The summed E-state index contributed by atoms with van der Waals surface area (Å²) >= 11 is 0. The number of aryl methyl sites for hydroxylation is 3. The highest BCUT2D eigenvalue weighted by atomic mass is 19.4. The molecule has 4 heterocycles. The van der Waals surface area contributed by atoms with Gasteiger partial charge in [0.25, 0.3) is 0 Å². The number of piperidine rings is 1. The second kappa shape index (κ2) is 10.2. The van der Waals surface area contributed by atoms with Crippen LogP contribution < -0.4 is 5.32 Å². The number of nitrogens with zero attached hydrogens (tertiary/aromatic N) is 6. The molecule has 1 N–H and O–H groups in total. The van der Waals surface area contributed by atoms with Crippen LogP contribution in [0.2, 0.25) is 0 Å². The lowest BCUT2D eigenvalue weighted by molar-refractivity contribution is -0.141. The minimum atomic E-state index is -4.67. The first-order valence-electron chi connectivity index (χ1n) is 14.1. The van der Waals surface area contributed by atoms with Crippen LogP contribution in [0.4, 0.5) is 19.0 Å². The molecule has 3 atom stereocenters. The van der Waals surface area contributed by atoms with Crippen LogP contribution in [0.15, 0.2) is 36.7 Å². The lowest BCUT2D eigenvalue weighted by atomic mass is 10.0. The molecule has 13 heteroatoms. The zero-order valence-electron chi connectivity index (χ0n) is 24.8. The number of amides is 2. The molecule has 1 unspecified atom stereocenters. The highest BCUT2D eigenvalue weighted by Crippen LogP contribution is 2.59. The van der Waals surface area contributed by atoms with E-state index in [2.05, 4.69) is 25.4 Å². The Kier molecular flexibility index (Phi) is 6.82. The third-order valence-electron chi connectivity index (χ3n) is 8.62. The Morgan fingerprint density at radius 1 is 1.02 bits per heavy atom. The molecule has 2 aliphatic rings. The smallest absolute Gasteiger partial charge is 0.325 e. The van der Waals surface area contributed by atoms with E-state index in [0.717, 1.165) is 22.8 Å². The van der Waals surface area contributed by atoms with E-state index in [1.807, 2.05) is 26.0 Å². The summed E-state index contributed by atoms with van der Waals surface area (Å²) in [6, 6.07) is 4.76. The SMILES string of the molecule is CC(=O)c1nn(CC(=O)N2C3C[C@]3(C)C[C@H]2C(=O)Nc2nc(C(F)(F)F)ccc2C)c2c(C)cc(-c3cnc(C)nc3)cc12. The first-order valence-corrected chi connectivity index (χ1v) is 14.1. The molecule has 0 bridgehead atoms. The van der Waals surface area contributed by atoms with Crippen molar-refractivity contribution in [3.63, 3.8) is 0 Å². The van der Waals surface area contributed by atoms with Crippen molar-refractivity contribution < 1.29 is 27.6 Å². The van der Waals surface area contributed by atoms with E-state index in [4.69, 9.17) is 0 Å². The van der Waals surface area contributed by atoms with Gasteiger partial charge in [-0.15, -0.1) is 0 Å². The van der Waals surface area contributed by atoms with Gasteiger partial charge in [0, 0.05) is 36.3 Å². The van der Waals surface area contributed by atoms with E-state index in [9.17, 15) is 27.6 Å². The van der Waals surface area contributed by atoms with Crippen LogP contribution in [0.25, 0.3) is 22.0 Å². The molecule has 3 aromatic heterocycles. The maximum atomic E-state index is 13.9. The molecule has 1 aliphatic heterocycles. The predicted octanol–water partition coefficient (Wildman–Crippen LogP) is 5.05. The van der Waals surface area contributed by atoms with Crippen LogP contribution in [0, 0.1) is 26.2 Å². The van der Waals surface area contributed by atoms with Crippen molar-refractivity contribution in [3.05, 3.63) is 65.0 Å². The Morgan fingerprint density at radius 3 is 2.39 bits per heavy atom. The van der Waals surface area contributed by atoms with E-state index in [1.165, 1.54) is 22.6 Å². The minimum absolute atomic E-state index is 0.190. The Bertz CT molecular complexity index is 1850. The molecule has 0 radical (unpaired) electrons. The van der Waals surface area contributed by atoms with E-state index in [0.29, 0.717) is 35.1 Å². The summed E-state index contributed by atoms with van der Waals surface area (Å²) in [7, 11) is 0. The Balaban J connectivity index is 1.30. The molecule has 2 amide bonds. The van der Waals surface area contributed by atoms with Gasteiger partial charge >= 0.3 is 6.18 Å². The normalized spacial score (nSPS) is 21.0. The third kappa shape index (κ3) is 5.09. The summed E-state index contributed by atoms with van der Waals surface area (Å²) in [6.07, 6.45) is -0.191. The van der Waals surface area contributed by atoms with Gasteiger partial charge in [0.1, 0.15) is 35.6 Å². The summed E-state index contributed by atoms with van der Waals surface area (Å²) < 4.78 is 41.3. The van der Waals surface area contributed by atoms with Gasteiger partial charge < -0.3 is 10.2 Å². The monoisotopic (exact) mass is 605 g/mol. The quantitative estimate of drug-likeness (QED) is 0.305. The number of pyridine rings is 1. The van der Waals surface area contributed by atoms with Crippen LogP contribution >= 0.6 is 0 Å². The van der Waals surface area contributed by atoms with Crippen LogP contribution in [-0.4, -0.2) is 59.3 Å². The number of fused-ring (bicyclic) bond motifs is 2. The number of hydrogen-bond donors (Lipinski definition) is 1. The largest absolute Gasteiger partial charge is 0.433 e. The molecule has 1 saturated carbocycles. The van der Waals surface area contributed by atoms with Crippen molar-refractivity contribution in [2.24, 2.45) is 5.41 Å². The van der Waals surface area contributed by atoms with E-state index in [1.54, 1.807) is 26.2 Å². The van der Waals surface area contributed by atoms with E-state index < -0.39 is 23.8 Å². The average molecular weight is 606 g/mol. The molecule has 1 saturated heterocycles. The van der Waals surface area contributed by atoms with Gasteiger partial charge in [-0.3, -0.25) is 19.1 Å². The molecule has 44 heavy (non-hydrogen) atoms. The number of likely N-dealkylation sites (tertiary alicyclic amines) is 1. The molecule has 4 aromatic rings. The molecule has 0 spiro atoms. The fraction of sp³-hybridized carbons (Fsp3) is 0.387. The van der Waals surface area contributed by atoms with Gasteiger partial charge in [0.15, 0.2) is 5.78 Å². The highest BCUT2D eigenvalue weighted by Gasteiger charge is 2.64. The summed E-state index contributed by atoms with van der Waals surface area (Å²) in [5.41, 5.74) is 2.15. The predicted molar refractivity (Wildman–Crippen MR) is 155 cm³/mol. The van der Waals surface area contributed by atoms with Gasteiger partial charge in [-0.05, 0) is 73.9 Å². The molecule has 1 aromatic carbocycles. The van der Waals surface area contributed by atoms with Crippen LogP contribution in [0.5, 0.6) is 0 Å². The first kappa shape index (κ1) is 29.4. The molecule has 1 aliphatic carbocycles. The number of hydrogen-bond acceptors (Lipinski definition) is 7. The number of benzene rings is 1. The summed E-state index contributed by atoms with van der Waals surface area (Å²) in [5.74, 6) is -0.811. The van der Waals surface area contributed by atoms with Crippen molar-refractivity contribution >= 4 is 34.3 Å². The van der Waals surface area contributed by atoms with Crippen molar-refractivity contribution in [2.45, 2.75) is 72.3 Å². The number of Topliss-reactive ketones (excluding diaryl/α,β-unsaturated/α-hetero) is 1. The van der Waals surface area contributed by atoms with Crippen molar-refractivity contribution in [1.29, 1.82) is 0 Å². The first-order chi connectivity index (χ1) is 20.7. The number of alkyl halides is 3. The molecule has 228 valence electrons. The van der Waals surface area contributed by atoms with Gasteiger partial charge in [0.2, 0.25) is 11.8 Å². The standard InChI is InChI=1S/C31H30F3N7O3/c1-15-6-7-23(31(32,33)34)37-28(15)38-29(44)22-10-30(5)11-24(30)41(22)25(43)14-40-27-16(2)8-19(20-12-35-18(4)36-13-20)9-21(27)26(39-40)17(3)42/h6-9,12-13,22,24H,10-11,14H2,1-5H3,(H,37,38,44)/t22-,24?,30-/m0/s1. The molecule has 6 rings (SSSR count). The van der Waals surface area contributed by atoms with Gasteiger partial charge in [-0.1, -0.05) is 13.0 Å².